The van der Waals surface area contributed by atoms with Crippen molar-refractivity contribution in [3.63, 3.8) is 0 Å². The van der Waals surface area contributed by atoms with Gasteiger partial charge in [0.05, 0.1) is 11.8 Å². The Kier molecular flexibility index (Phi) is 4.66. The van der Waals surface area contributed by atoms with E-state index in [-0.39, 0.29) is 17.9 Å². The molecule has 2 N–H and O–H groups in total. The average Bonchev–Trinajstić information content (AvgIpc) is 2.86. The van der Waals surface area contributed by atoms with Crippen molar-refractivity contribution in [1.82, 2.24) is 14.9 Å². The minimum atomic E-state index is -0.274. The molecule has 0 bridgehead atoms. The molecule has 2 rings (SSSR count). The first-order valence-electron chi connectivity index (χ1n) is 6.49. The van der Waals surface area contributed by atoms with Crippen molar-refractivity contribution in [3.8, 4) is 0 Å². The molecule has 1 heterocycles. The van der Waals surface area contributed by atoms with E-state index in [0.29, 0.717) is 17.8 Å². The number of aromatic nitrogens is 2. The number of aliphatic hydroxyl groups is 1. The topological polar surface area (TPSA) is 75.1 Å². The van der Waals surface area contributed by atoms with Gasteiger partial charge in [-0.15, -0.1) is 5.10 Å². The number of hydrogen-bond acceptors (Lipinski definition) is 5. The third-order valence-corrected chi connectivity index (χ3v) is 4.26. The number of carbonyl (C=O) groups excluding carboxylic acids is 1. The highest BCUT2D eigenvalue weighted by atomic mass is 32.1. The molecular formula is C12H19N3O2S. The van der Waals surface area contributed by atoms with Crippen LogP contribution in [0.5, 0.6) is 0 Å². The molecule has 1 amide bonds. The summed E-state index contributed by atoms with van der Waals surface area (Å²) in [6.45, 7) is 2.50. The maximum absolute atomic E-state index is 12.0. The largest absolute Gasteiger partial charge is 0.393 e. The summed E-state index contributed by atoms with van der Waals surface area (Å²) in [5.41, 5.74) is 0.752. The Bertz CT molecular complexity index is 408. The van der Waals surface area contributed by atoms with E-state index in [0.717, 1.165) is 42.9 Å². The lowest BCUT2D eigenvalue weighted by molar-refractivity contribution is 0.0663. The van der Waals surface area contributed by atoms with Crippen LogP contribution in [0.4, 0.5) is 0 Å². The van der Waals surface area contributed by atoms with E-state index in [4.69, 9.17) is 0 Å². The lowest BCUT2D eigenvalue weighted by Crippen LogP contribution is -2.36. The highest BCUT2D eigenvalue weighted by molar-refractivity contribution is 7.08. The summed E-state index contributed by atoms with van der Waals surface area (Å²) in [7, 11) is 0. The summed E-state index contributed by atoms with van der Waals surface area (Å²) in [4.78, 5) is 12.6. The summed E-state index contributed by atoms with van der Waals surface area (Å²) in [6, 6.07) is 0. The highest BCUT2D eigenvalue weighted by Crippen LogP contribution is 2.23. The summed E-state index contributed by atoms with van der Waals surface area (Å²) >= 11 is 1.13. The van der Waals surface area contributed by atoms with Gasteiger partial charge in [-0.1, -0.05) is 24.3 Å². The number of nitrogens with zero attached hydrogens (tertiary/aromatic N) is 2. The van der Waals surface area contributed by atoms with Gasteiger partial charge in [-0.05, 0) is 30.8 Å². The van der Waals surface area contributed by atoms with Crippen LogP contribution in [0.1, 0.15) is 48.0 Å². The number of hydrogen-bond donors (Lipinski definition) is 2. The van der Waals surface area contributed by atoms with Crippen LogP contribution in [0.2, 0.25) is 0 Å². The van der Waals surface area contributed by atoms with Crippen molar-refractivity contribution in [2.75, 3.05) is 6.54 Å². The molecule has 1 saturated carbocycles. The van der Waals surface area contributed by atoms with E-state index >= 15 is 0 Å². The van der Waals surface area contributed by atoms with Crippen molar-refractivity contribution < 1.29 is 9.90 Å². The van der Waals surface area contributed by atoms with E-state index in [2.05, 4.69) is 14.9 Å². The average molecular weight is 269 g/mol. The summed E-state index contributed by atoms with van der Waals surface area (Å²) in [5.74, 6) is 0.0771. The van der Waals surface area contributed by atoms with Gasteiger partial charge in [0.15, 0.2) is 0 Å². The minimum Gasteiger partial charge on any atom is -0.393 e. The van der Waals surface area contributed by atoms with Crippen molar-refractivity contribution in [1.29, 1.82) is 0 Å². The Morgan fingerprint density at radius 1 is 1.50 bits per heavy atom. The predicted molar refractivity (Wildman–Crippen MR) is 69.6 cm³/mol. The molecule has 1 aliphatic rings. The molecule has 18 heavy (non-hydrogen) atoms. The molecule has 1 aliphatic carbocycles. The van der Waals surface area contributed by atoms with Crippen molar-refractivity contribution in [2.45, 2.75) is 45.1 Å². The lowest BCUT2D eigenvalue weighted by Gasteiger charge is -2.27. The maximum atomic E-state index is 12.0. The van der Waals surface area contributed by atoms with Crippen LogP contribution < -0.4 is 5.32 Å². The third kappa shape index (κ3) is 3.05. The van der Waals surface area contributed by atoms with Crippen LogP contribution in [0.15, 0.2) is 0 Å². The molecule has 100 valence electrons. The second kappa shape index (κ2) is 6.24. The van der Waals surface area contributed by atoms with Gasteiger partial charge in [-0.25, -0.2) is 0 Å². The van der Waals surface area contributed by atoms with Crippen molar-refractivity contribution >= 4 is 17.4 Å². The number of aryl methyl sites for hydroxylation is 1. The zero-order valence-electron chi connectivity index (χ0n) is 10.6. The molecule has 0 saturated heterocycles. The van der Waals surface area contributed by atoms with Gasteiger partial charge in [0.1, 0.15) is 4.88 Å². The van der Waals surface area contributed by atoms with E-state index in [1.165, 1.54) is 0 Å². The first-order valence-corrected chi connectivity index (χ1v) is 7.27. The van der Waals surface area contributed by atoms with Gasteiger partial charge in [0.2, 0.25) is 0 Å². The minimum absolute atomic E-state index is 0.111. The van der Waals surface area contributed by atoms with Gasteiger partial charge in [-0.2, -0.15) is 0 Å². The number of nitrogens with one attached hydrogen (secondary N) is 1. The quantitative estimate of drug-likeness (QED) is 0.866. The zero-order chi connectivity index (χ0) is 13.0. The summed E-state index contributed by atoms with van der Waals surface area (Å²) < 4.78 is 3.81. The number of amides is 1. The Balaban J connectivity index is 1.88. The smallest absolute Gasteiger partial charge is 0.264 e. The van der Waals surface area contributed by atoms with Crippen molar-refractivity contribution in [2.24, 2.45) is 5.92 Å². The number of carbonyl (C=O) groups is 1. The van der Waals surface area contributed by atoms with Crippen LogP contribution in [0.25, 0.3) is 0 Å². The predicted octanol–water partition coefficient (Wildman–Crippen LogP) is 1.38. The van der Waals surface area contributed by atoms with E-state index in [9.17, 15) is 9.90 Å². The van der Waals surface area contributed by atoms with E-state index in [1.807, 2.05) is 6.92 Å². The first-order chi connectivity index (χ1) is 8.72. The number of aliphatic hydroxyl groups excluding tert-OH is 1. The molecule has 2 unspecified atom stereocenters. The monoisotopic (exact) mass is 269 g/mol. The highest BCUT2D eigenvalue weighted by Gasteiger charge is 2.24. The summed E-state index contributed by atoms with van der Waals surface area (Å²) in [6.07, 6.45) is 4.51. The van der Waals surface area contributed by atoms with E-state index in [1.54, 1.807) is 0 Å². The molecular weight excluding hydrogens is 250 g/mol. The fraction of sp³-hybridized carbons (Fsp3) is 0.750. The van der Waals surface area contributed by atoms with Gasteiger partial charge in [0, 0.05) is 12.5 Å². The number of rotatable bonds is 4. The zero-order valence-corrected chi connectivity index (χ0v) is 11.4. The molecule has 0 spiro atoms. The summed E-state index contributed by atoms with van der Waals surface area (Å²) in [5, 5.41) is 16.7. The molecule has 0 aromatic carbocycles. The van der Waals surface area contributed by atoms with Crippen LogP contribution >= 0.6 is 11.5 Å². The molecule has 0 aliphatic heterocycles. The van der Waals surface area contributed by atoms with Crippen LogP contribution in [0.3, 0.4) is 0 Å². The van der Waals surface area contributed by atoms with Gasteiger partial charge >= 0.3 is 0 Å². The Morgan fingerprint density at radius 2 is 2.28 bits per heavy atom. The first kappa shape index (κ1) is 13.4. The maximum Gasteiger partial charge on any atom is 0.264 e. The van der Waals surface area contributed by atoms with Gasteiger partial charge in [-0.3, -0.25) is 4.79 Å². The second-order valence-electron chi connectivity index (χ2n) is 4.72. The van der Waals surface area contributed by atoms with Crippen LogP contribution in [-0.4, -0.2) is 33.2 Å². The SMILES string of the molecule is CCc1nnsc1C(=O)NCC1CCCCC1O. The molecule has 2 atom stereocenters. The standard InChI is InChI=1S/C12H19N3O2S/c1-2-9-11(18-15-14-9)12(17)13-7-8-5-3-4-6-10(8)16/h8,10,16H,2-7H2,1H3,(H,13,17). The molecule has 1 aromatic rings. The van der Waals surface area contributed by atoms with Gasteiger partial charge < -0.3 is 10.4 Å². The van der Waals surface area contributed by atoms with Crippen LogP contribution in [-0.2, 0) is 6.42 Å². The van der Waals surface area contributed by atoms with Gasteiger partial charge in [0.25, 0.3) is 5.91 Å². The Hall–Kier alpha value is -1.01. The normalized spacial score (nSPS) is 23.9. The molecule has 6 heteroatoms. The fourth-order valence-corrected chi connectivity index (χ4v) is 3.01. The third-order valence-electron chi connectivity index (χ3n) is 3.49. The molecule has 1 fully saturated rings. The molecule has 0 radical (unpaired) electrons. The Morgan fingerprint density at radius 3 is 3.00 bits per heavy atom. The second-order valence-corrected chi connectivity index (χ2v) is 5.48. The van der Waals surface area contributed by atoms with Crippen molar-refractivity contribution in [3.05, 3.63) is 10.6 Å². The molecule has 5 nitrogen and oxygen atoms in total. The molecule has 1 aromatic heterocycles. The van der Waals surface area contributed by atoms with Crippen LogP contribution in [0, 0.1) is 5.92 Å². The Labute approximate surface area is 111 Å². The van der Waals surface area contributed by atoms with E-state index < -0.39 is 0 Å². The lowest BCUT2D eigenvalue weighted by atomic mass is 9.86. The fourth-order valence-electron chi connectivity index (χ4n) is 2.34.